The molecule has 0 aliphatic rings. The first-order valence-corrected chi connectivity index (χ1v) is 6.63. The molecule has 1 atom stereocenters. The van der Waals surface area contributed by atoms with Gasteiger partial charge in [0, 0.05) is 18.1 Å². The SMILES string of the molecule is Cc1nccnc1C(C)Nc1ccc(OC(F)F)c(Cl)c1. The largest absolute Gasteiger partial charge is 0.433 e. The number of aryl methyl sites for hydroxylation is 1. The molecule has 0 aliphatic heterocycles. The van der Waals surface area contributed by atoms with E-state index >= 15 is 0 Å². The number of nitrogens with zero attached hydrogens (tertiary/aromatic N) is 2. The summed E-state index contributed by atoms with van der Waals surface area (Å²) in [6.07, 6.45) is 3.24. The highest BCUT2D eigenvalue weighted by Crippen LogP contribution is 2.30. The van der Waals surface area contributed by atoms with E-state index in [0.717, 1.165) is 11.4 Å². The second kappa shape index (κ2) is 6.67. The molecule has 1 heterocycles. The smallest absolute Gasteiger partial charge is 0.387 e. The fraction of sp³-hybridized carbons (Fsp3) is 0.286. The Hall–Kier alpha value is -1.95. The van der Waals surface area contributed by atoms with Crippen LogP contribution in [0.25, 0.3) is 0 Å². The summed E-state index contributed by atoms with van der Waals surface area (Å²) in [5.41, 5.74) is 2.31. The second-order valence-electron chi connectivity index (χ2n) is 4.42. The summed E-state index contributed by atoms with van der Waals surface area (Å²) in [6, 6.07) is 4.44. The van der Waals surface area contributed by atoms with Gasteiger partial charge in [0.15, 0.2) is 0 Å². The maximum absolute atomic E-state index is 12.2. The van der Waals surface area contributed by atoms with Crippen LogP contribution in [-0.2, 0) is 0 Å². The van der Waals surface area contributed by atoms with Crippen LogP contribution in [0.2, 0.25) is 5.02 Å². The van der Waals surface area contributed by atoms with E-state index in [1.165, 1.54) is 12.1 Å². The van der Waals surface area contributed by atoms with Crippen molar-refractivity contribution in [2.75, 3.05) is 5.32 Å². The topological polar surface area (TPSA) is 47.0 Å². The molecule has 2 rings (SSSR count). The van der Waals surface area contributed by atoms with Gasteiger partial charge in [0.25, 0.3) is 0 Å². The van der Waals surface area contributed by atoms with Crippen LogP contribution in [0.15, 0.2) is 30.6 Å². The zero-order chi connectivity index (χ0) is 15.4. The lowest BCUT2D eigenvalue weighted by Gasteiger charge is -2.17. The molecule has 0 amide bonds. The Balaban J connectivity index is 2.13. The number of hydrogen-bond donors (Lipinski definition) is 1. The zero-order valence-electron chi connectivity index (χ0n) is 11.5. The van der Waals surface area contributed by atoms with Gasteiger partial charge in [-0.2, -0.15) is 8.78 Å². The van der Waals surface area contributed by atoms with Crippen LogP contribution in [0, 0.1) is 6.92 Å². The van der Waals surface area contributed by atoms with Crippen LogP contribution in [0.4, 0.5) is 14.5 Å². The maximum Gasteiger partial charge on any atom is 0.387 e. The quantitative estimate of drug-likeness (QED) is 0.898. The van der Waals surface area contributed by atoms with E-state index in [1.54, 1.807) is 18.5 Å². The van der Waals surface area contributed by atoms with Gasteiger partial charge in [-0.25, -0.2) is 0 Å². The van der Waals surface area contributed by atoms with Gasteiger partial charge in [0.2, 0.25) is 0 Å². The van der Waals surface area contributed by atoms with E-state index in [4.69, 9.17) is 11.6 Å². The Kier molecular flexibility index (Phi) is 4.90. The van der Waals surface area contributed by atoms with Gasteiger partial charge in [-0.1, -0.05) is 11.6 Å². The third kappa shape index (κ3) is 4.01. The monoisotopic (exact) mass is 313 g/mol. The van der Waals surface area contributed by atoms with Gasteiger partial charge in [-0.15, -0.1) is 0 Å². The molecule has 7 heteroatoms. The number of rotatable bonds is 5. The fourth-order valence-electron chi connectivity index (χ4n) is 1.94. The molecule has 0 aliphatic carbocycles. The van der Waals surface area contributed by atoms with Crippen molar-refractivity contribution in [2.45, 2.75) is 26.5 Å². The Morgan fingerprint density at radius 2 is 1.95 bits per heavy atom. The van der Waals surface area contributed by atoms with Crippen molar-refractivity contribution >= 4 is 17.3 Å². The lowest BCUT2D eigenvalue weighted by molar-refractivity contribution is -0.0497. The summed E-state index contributed by atoms with van der Waals surface area (Å²) >= 11 is 5.91. The Labute approximate surface area is 126 Å². The molecule has 0 bridgehead atoms. The summed E-state index contributed by atoms with van der Waals surface area (Å²) in [5.74, 6) is -0.0550. The van der Waals surface area contributed by atoms with E-state index in [2.05, 4.69) is 20.0 Å². The first-order chi connectivity index (χ1) is 9.97. The van der Waals surface area contributed by atoms with Gasteiger partial charge in [-0.05, 0) is 32.0 Å². The summed E-state index contributed by atoms with van der Waals surface area (Å²) in [6.45, 7) is 0.893. The van der Waals surface area contributed by atoms with Crippen molar-refractivity contribution in [3.05, 3.63) is 47.0 Å². The van der Waals surface area contributed by atoms with Crippen molar-refractivity contribution in [2.24, 2.45) is 0 Å². The highest BCUT2D eigenvalue weighted by molar-refractivity contribution is 6.32. The lowest BCUT2D eigenvalue weighted by Crippen LogP contribution is -2.11. The van der Waals surface area contributed by atoms with E-state index in [1.807, 2.05) is 13.8 Å². The summed E-state index contributed by atoms with van der Waals surface area (Å²) in [4.78, 5) is 8.45. The first-order valence-electron chi connectivity index (χ1n) is 6.25. The molecule has 2 aromatic rings. The van der Waals surface area contributed by atoms with Gasteiger partial charge in [0.05, 0.1) is 22.5 Å². The molecule has 1 N–H and O–H groups in total. The Morgan fingerprint density at radius 1 is 1.24 bits per heavy atom. The fourth-order valence-corrected chi connectivity index (χ4v) is 2.17. The standard InChI is InChI=1S/C14H14ClF2N3O/c1-8-13(19-6-5-18-8)9(2)20-10-3-4-12(11(15)7-10)21-14(16)17/h3-7,9,14,20H,1-2H3. The number of alkyl halides is 2. The highest BCUT2D eigenvalue weighted by Gasteiger charge is 2.13. The third-order valence-electron chi connectivity index (χ3n) is 2.86. The van der Waals surface area contributed by atoms with Crippen molar-refractivity contribution < 1.29 is 13.5 Å². The van der Waals surface area contributed by atoms with Crippen LogP contribution >= 0.6 is 11.6 Å². The summed E-state index contributed by atoms with van der Waals surface area (Å²) in [5, 5.41) is 3.30. The number of ether oxygens (including phenoxy) is 1. The molecule has 0 radical (unpaired) electrons. The van der Waals surface area contributed by atoms with Crippen molar-refractivity contribution in [3.8, 4) is 5.75 Å². The molecule has 0 fully saturated rings. The van der Waals surface area contributed by atoms with Crippen LogP contribution in [-0.4, -0.2) is 16.6 Å². The summed E-state index contributed by atoms with van der Waals surface area (Å²) in [7, 11) is 0. The normalized spacial score (nSPS) is 12.3. The van der Waals surface area contributed by atoms with Gasteiger partial charge in [-0.3, -0.25) is 9.97 Å². The molecule has 4 nitrogen and oxygen atoms in total. The molecule has 112 valence electrons. The van der Waals surface area contributed by atoms with Gasteiger partial charge >= 0.3 is 6.61 Å². The molecule has 1 aromatic heterocycles. The molecular formula is C14H14ClF2N3O. The predicted octanol–water partition coefficient (Wildman–Crippen LogP) is 4.21. The average Bonchev–Trinajstić information content (AvgIpc) is 2.42. The summed E-state index contributed by atoms with van der Waals surface area (Å²) < 4.78 is 28.6. The minimum atomic E-state index is -2.90. The lowest BCUT2D eigenvalue weighted by atomic mass is 10.1. The number of halogens is 3. The van der Waals surface area contributed by atoms with E-state index in [0.29, 0.717) is 5.69 Å². The van der Waals surface area contributed by atoms with E-state index in [-0.39, 0.29) is 16.8 Å². The zero-order valence-corrected chi connectivity index (χ0v) is 12.2. The van der Waals surface area contributed by atoms with Gasteiger partial charge in [0.1, 0.15) is 5.75 Å². The van der Waals surface area contributed by atoms with Crippen molar-refractivity contribution in [3.63, 3.8) is 0 Å². The molecule has 1 aromatic carbocycles. The molecular weight excluding hydrogens is 300 g/mol. The molecule has 0 spiro atoms. The van der Waals surface area contributed by atoms with Crippen LogP contribution < -0.4 is 10.1 Å². The highest BCUT2D eigenvalue weighted by atomic mass is 35.5. The number of anilines is 1. The number of hydrogen-bond acceptors (Lipinski definition) is 4. The number of aromatic nitrogens is 2. The molecule has 0 saturated heterocycles. The number of nitrogens with one attached hydrogen (secondary N) is 1. The van der Waals surface area contributed by atoms with E-state index < -0.39 is 6.61 Å². The first kappa shape index (κ1) is 15.4. The van der Waals surface area contributed by atoms with Gasteiger partial charge < -0.3 is 10.1 Å². The molecule has 0 saturated carbocycles. The Morgan fingerprint density at radius 3 is 2.57 bits per heavy atom. The minimum Gasteiger partial charge on any atom is -0.433 e. The van der Waals surface area contributed by atoms with Crippen molar-refractivity contribution in [1.82, 2.24) is 9.97 Å². The van der Waals surface area contributed by atoms with Crippen LogP contribution in [0.3, 0.4) is 0 Å². The predicted molar refractivity (Wildman–Crippen MR) is 76.9 cm³/mol. The number of benzene rings is 1. The van der Waals surface area contributed by atoms with Crippen LogP contribution in [0.5, 0.6) is 5.75 Å². The molecule has 21 heavy (non-hydrogen) atoms. The van der Waals surface area contributed by atoms with Crippen LogP contribution in [0.1, 0.15) is 24.4 Å². The second-order valence-corrected chi connectivity index (χ2v) is 4.82. The third-order valence-corrected chi connectivity index (χ3v) is 3.16. The molecule has 1 unspecified atom stereocenters. The Bertz CT molecular complexity index is 625. The van der Waals surface area contributed by atoms with Crippen molar-refractivity contribution in [1.29, 1.82) is 0 Å². The van der Waals surface area contributed by atoms with E-state index in [9.17, 15) is 8.78 Å². The maximum atomic E-state index is 12.2. The average molecular weight is 314 g/mol. The minimum absolute atomic E-state index is 0.0550.